The standard InChI is InChI=1S/C26H23Br2NO7S/c1-16-7-13-21(14-8-16)37(32,33)29-23(18-5-4-6-20(28)15-18)36-22(17-9-11-19(27)12-10-17)26(29,24(30)34-2)25(31)35-3/h4-15,22-23H,1-3H3/t22-,23+/m0/s1. The predicted octanol–water partition coefficient (Wildman–Crippen LogP) is 5.07. The molecule has 0 N–H and O–H groups in total. The summed E-state index contributed by atoms with van der Waals surface area (Å²) < 4.78 is 47.3. The van der Waals surface area contributed by atoms with Gasteiger partial charge >= 0.3 is 11.9 Å². The third kappa shape index (κ3) is 4.74. The quantitative estimate of drug-likeness (QED) is 0.271. The summed E-state index contributed by atoms with van der Waals surface area (Å²) in [6.07, 6.45) is -2.78. The molecule has 37 heavy (non-hydrogen) atoms. The number of methoxy groups -OCH3 is 2. The zero-order chi connectivity index (χ0) is 27.0. The van der Waals surface area contributed by atoms with E-state index in [1.165, 1.54) is 12.1 Å². The van der Waals surface area contributed by atoms with Crippen molar-refractivity contribution in [2.45, 2.75) is 29.7 Å². The van der Waals surface area contributed by atoms with E-state index in [0.29, 0.717) is 15.6 Å². The van der Waals surface area contributed by atoms with Crippen molar-refractivity contribution in [2.24, 2.45) is 0 Å². The van der Waals surface area contributed by atoms with Crippen LogP contribution in [0.1, 0.15) is 29.0 Å². The van der Waals surface area contributed by atoms with Gasteiger partial charge in [0.2, 0.25) is 10.0 Å². The van der Waals surface area contributed by atoms with Gasteiger partial charge < -0.3 is 14.2 Å². The summed E-state index contributed by atoms with van der Waals surface area (Å²) in [5.74, 6) is -2.28. The highest BCUT2D eigenvalue weighted by Crippen LogP contribution is 2.53. The van der Waals surface area contributed by atoms with E-state index in [-0.39, 0.29) is 4.90 Å². The molecule has 3 aromatic carbocycles. The number of hydrogen-bond donors (Lipinski definition) is 0. The van der Waals surface area contributed by atoms with Gasteiger partial charge in [-0.05, 0) is 54.4 Å². The molecule has 2 atom stereocenters. The highest BCUT2D eigenvalue weighted by molar-refractivity contribution is 9.10. The van der Waals surface area contributed by atoms with Crippen LogP contribution in [0.4, 0.5) is 0 Å². The first kappa shape index (κ1) is 27.5. The van der Waals surface area contributed by atoms with Crippen molar-refractivity contribution in [3.8, 4) is 0 Å². The van der Waals surface area contributed by atoms with E-state index >= 15 is 0 Å². The Hall–Kier alpha value is -2.57. The molecule has 0 amide bonds. The highest BCUT2D eigenvalue weighted by Gasteiger charge is 2.71. The topological polar surface area (TPSA) is 99.2 Å². The third-order valence-corrected chi connectivity index (χ3v) is 8.97. The van der Waals surface area contributed by atoms with Gasteiger partial charge in [-0.25, -0.2) is 18.0 Å². The fourth-order valence-electron chi connectivity index (χ4n) is 4.34. The average molecular weight is 653 g/mol. The number of hydrogen-bond acceptors (Lipinski definition) is 7. The summed E-state index contributed by atoms with van der Waals surface area (Å²) in [4.78, 5) is 27.2. The van der Waals surface area contributed by atoms with Crippen LogP contribution in [0.15, 0.2) is 86.6 Å². The fraction of sp³-hybridized carbons (Fsp3) is 0.231. The van der Waals surface area contributed by atoms with Crippen LogP contribution in [0, 0.1) is 6.92 Å². The van der Waals surface area contributed by atoms with Crippen LogP contribution in [0.2, 0.25) is 0 Å². The number of carbonyl (C=O) groups excluding carboxylic acids is 2. The molecule has 8 nitrogen and oxygen atoms in total. The minimum Gasteiger partial charge on any atom is -0.467 e. The number of halogens is 2. The normalized spacial score (nSPS) is 19.4. The predicted molar refractivity (Wildman–Crippen MR) is 142 cm³/mol. The number of ether oxygens (including phenoxy) is 3. The summed E-state index contributed by atoms with van der Waals surface area (Å²) in [6.45, 7) is 1.82. The van der Waals surface area contributed by atoms with Crippen LogP contribution in [-0.4, -0.2) is 44.4 Å². The van der Waals surface area contributed by atoms with E-state index in [4.69, 9.17) is 14.2 Å². The lowest BCUT2D eigenvalue weighted by molar-refractivity contribution is -0.169. The summed E-state index contributed by atoms with van der Waals surface area (Å²) in [7, 11) is -2.39. The number of rotatable bonds is 6. The lowest BCUT2D eigenvalue weighted by Crippen LogP contribution is -2.62. The lowest BCUT2D eigenvalue weighted by Gasteiger charge is -2.35. The monoisotopic (exact) mass is 651 g/mol. The van der Waals surface area contributed by atoms with Crippen LogP contribution in [0.3, 0.4) is 0 Å². The Balaban J connectivity index is 2.08. The van der Waals surface area contributed by atoms with Crippen molar-refractivity contribution in [2.75, 3.05) is 14.2 Å². The Morgan fingerprint density at radius 3 is 2.00 bits per heavy atom. The zero-order valence-electron chi connectivity index (χ0n) is 20.1. The molecule has 0 spiro atoms. The minimum absolute atomic E-state index is 0.129. The van der Waals surface area contributed by atoms with E-state index < -0.39 is 39.8 Å². The lowest BCUT2D eigenvalue weighted by atomic mass is 9.88. The highest BCUT2D eigenvalue weighted by atomic mass is 79.9. The molecule has 1 aliphatic rings. The Kier molecular flexibility index (Phi) is 7.91. The molecule has 0 saturated carbocycles. The average Bonchev–Trinajstić information content (AvgIpc) is 3.26. The number of aryl methyl sites for hydroxylation is 1. The van der Waals surface area contributed by atoms with Gasteiger partial charge in [0, 0.05) is 8.95 Å². The van der Waals surface area contributed by atoms with E-state index in [2.05, 4.69) is 31.9 Å². The molecule has 4 rings (SSSR count). The molecule has 1 heterocycles. The van der Waals surface area contributed by atoms with Gasteiger partial charge in [0.05, 0.1) is 19.1 Å². The molecule has 0 aliphatic carbocycles. The summed E-state index contributed by atoms with van der Waals surface area (Å²) in [5.41, 5.74) is -0.934. The van der Waals surface area contributed by atoms with Gasteiger partial charge in [0.15, 0.2) is 6.23 Å². The maximum Gasteiger partial charge on any atom is 0.342 e. The molecule has 11 heteroatoms. The third-order valence-electron chi connectivity index (χ3n) is 6.08. The Labute approximate surface area is 231 Å². The summed E-state index contributed by atoms with van der Waals surface area (Å²) in [6, 6.07) is 19.5. The minimum atomic E-state index is -4.55. The zero-order valence-corrected chi connectivity index (χ0v) is 24.0. The van der Waals surface area contributed by atoms with Gasteiger partial charge in [0.25, 0.3) is 5.54 Å². The Morgan fingerprint density at radius 1 is 0.865 bits per heavy atom. The number of sulfonamides is 1. The van der Waals surface area contributed by atoms with Gasteiger partial charge in [-0.15, -0.1) is 4.31 Å². The first-order valence-electron chi connectivity index (χ1n) is 11.0. The Morgan fingerprint density at radius 2 is 1.46 bits per heavy atom. The molecule has 3 aromatic rings. The molecule has 1 fully saturated rings. The van der Waals surface area contributed by atoms with Crippen LogP contribution >= 0.6 is 31.9 Å². The van der Waals surface area contributed by atoms with Crippen molar-refractivity contribution in [1.29, 1.82) is 0 Å². The molecule has 1 aliphatic heterocycles. The molecule has 1 saturated heterocycles. The second-order valence-electron chi connectivity index (χ2n) is 8.34. The van der Waals surface area contributed by atoms with E-state index in [0.717, 1.165) is 28.6 Å². The smallest absolute Gasteiger partial charge is 0.342 e. The van der Waals surface area contributed by atoms with Crippen LogP contribution in [0.25, 0.3) is 0 Å². The molecular formula is C26H23Br2NO7S. The Bertz CT molecular complexity index is 1410. The van der Waals surface area contributed by atoms with Gasteiger partial charge in [-0.2, -0.15) is 0 Å². The van der Waals surface area contributed by atoms with E-state index in [9.17, 15) is 18.0 Å². The largest absolute Gasteiger partial charge is 0.467 e. The second-order valence-corrected chi connectivity index (χ2v) is 12.0. The molecule has 194 valence electrons. The summed E-state index contributed by atoms with van der Waals surface area (Å²) in [5, 5.41) is 0. The first-order chi connectivity index (χ1) is 17.6. The van der Waals surface area contributed by atoms with Crippen molar-refractivity contribution < 1.29 is 32.2 Å². The fourth-order valence-corrected chi connectivity index (χ4v) is 6.78. The van der Waals surface area contributed by atoms with Gasteiger partial charge in [0.1, 0.15) is 6.10 Å². The molecular weight excluding hydrogens is 630 g/mol. The SMILES string of the molecule is COC(=O)C1(C(=O)OC)[C@H](c2ccc(Br)cc2)O[C@H](c2cccc(Br)c2)N1S(=O)(=O)c1ccc(C)cc1. The van der Waals surface area contributed by atoms with Gasteiger partial charge in [-0.3, -0.25) is 0 Å². The maximum atomic E-state index is 14.3. The number of nitrogens with zero attached hydrogens (tertiary/aromatic N) is 1. The summed E-state index contributed by atoms with van der Waals surface area (Å²) >= 11 is 6.77. The van der Waals surface area contributed by atoms with Crippen molar-refractivity contribution in [3.63, 3.8) is 0 Å². The molecule has 0 unspecified atom stereocenters. The van der Waals surface area contributed by atoms with Crippen LogP contribution < -0.4 is 0 Å². The molecule has 0 aromatic heterocycles. The van der Waals surface area contributed by atoms with Crippen LogP contribution in [0.5, 0.6) is 0 Å². The molecule has 0 radical (unpaired) electrons. The van der Waals surface area contributed by atoms with Crippen LogP contribution in [-0.2, 0) is 33.8 Å². The first-order valence-corrected chi connectivity index (χ1v) is 14.0. The second kappa shape index (κ2) is 10.7. The van der Waals surface area contributed by atoms with Crippen molar-refractivity contribution >= 4 is 53.8 Å². The van der Waals surface area contributed by atoms with Crippen molar-refractivity contribution in [3.05, 3.63) is 98.4 Å². The van der Waals surface area contributed by atoms with E-state index in [1.807, 2.05) is 6.92 Å². The number of benzene rings is 3. The van der Waals surface area contributed by atoms with Crippen molar-refractivity contribution in [1.82, 2.24) is 4.31 Å². The number of carbonyl (C=O) groups is 2. The maximum absolute atomic E-state index is 14.3. The molecule has 0 bridgehead atoms. The van der Waals surface area contributed by atoms with Gasteiger partial charge in [-0.1, -0.05) is 73.8 Å². The van der Waals surface area contributed by atoms with E-state index in [1.54, 1.807) is 60.7 Å². The number of esters is 2.